The molecule has 0 aromatic carbocycles. The number of Topliss-reactive ketones (excluding diaryl/α,β-unsaturated/α-hetero) is 1. The van der Waals surface area contributed by atoms with Gasteiger partial charge >= 0.3 is 0 Å². The lowest BCUT2D eigenvalue weighted by molar-refractivity contribution is -0.120. The van der Waals surface area contributed by atoms with Crippen molar-refractivity contribution in [1.29, 1.82) is 0 Å². The van der Waals surface area contributed by atoms with Crippen molar-refractivity contribution in [1.82, 2.24) is 0 Å². The van der Waals surface area contributed by atoms with E-state index in [1.807, 2.05) is 0 Å². The molecule has 0 fully saturated rings. The Kier molecular flexibility index (Phi) is 4.62. The summed E-state index contributed by atoms with van der Waals surface area (Å²) in [4.78, 5) is 10.3. The third kappa shape index (κ3) is 7.85. The third-order valence-corrected chi connectivity index (χ3v) is 1.66. The lowest BCUT2D eigenvalue weighted by Crippen LogP contribution is -2.15. The van der Waals surface area contributed by atoms with Crippen molar-refractivity contribution < 1.29 is 9.53 Å². The zero-order valence-electron chi connectivity index (χ0n) is 6.31. The summed E-state index contributed by atoms with van der Waals surface area (Å²) in [6.45, 7) is 6.23. The minimum Gasteiger partial charge on any atom is -0.377 e. The van der Waals surface area contributed by atoms with Crippen LogP contribution < -0.4 is 0 Å². The Morgan fingerprint density at radius 2 is 2.11 bits per heavy atom. The molecular weight excluding hydrogens is 132 g/mol. The summed E-state index contributed by atoms with van der Waals surface area (Å²) in [6, 6.07) is 0. The molecule has 9 heavy (non-hydrogen) atoms. The summed E-state index contributed by atoms with van der Waals surface area (Å²) in [6.07, 6.45) is 0.819. The van der Waals surface area contributed by atoms with Gasteiger partial charge in [-0.1, -0.05) is 13.1 Å². The van der Waals surface area contributed by atoms with Gasteiger partial charge in [0.05, 0.1) is 8.80 Å². The molecule has 0 atom stereocenters. The number of carbonyl (C=O) groups is 1. The molecule has 0 unspecified atom stereocenters. The van der Waals surface area contributed by atoms with E-state index in [1.54, 1.807) is 6.92 Å². The van der Waals surface area contributed by atoms with Crippen LogP contribution in [0.15, 0.2) is 0 Å². The van der Waals surface area contributed by atoms with Crippen molar-refractivity contribution in [3.05, 3.63) is 0 Å². The van der Waals surface area contributed by atoms with Crippen LogP contribution in [0, 0.1) is 0 Å². The highest BCUT2D eigenvalue weighted by Gasteiger charge is 1.96. The molecule has 0 aromatic heterocycles. The molecule has 54 valence electrons. The zero-order chi connectivity index (χ0) is 7.28. The lowest BCUT2D eigenvalue weighted by atomic mass is 10.5. The van der Waals surface area contributed by atoms with Crippen LogP contribution in [-0.2, 0) is 9.53 Å². The number of ketones is 1. The fourth-order valence-corrected chi connectivity index (χ4v) is 1.03. The van der Waals surface area contributed by atoms with Gasteiger partial charge in [0.2, 0.25) is 0 Å². The molecule has 2 nitrogen and oxygen atoms in total. The van der Waals surface area contributed by atoms with E-state index in [2.05, 4.69) is 13.1 Å². The van der Waals surface area contributed by atoms with Gasteiger partial charge in [-0.15, -0.1) is 0 Å². The third-order valence-electron chi connectivity index (χ3n) is 0.757. The van der Waals surface area contributed by atoms with Crippen LogP contribution in [-0.4, -0.2) is 27.4 Å². The lowest BCUT2D eigenvalue weighted by Gasteiger charge is -2.01. The number of hydrogen-bond donors (Lipinski definition) is 0. The minimum atomic E-state index is -0.604. The predicted octanol–water partition coefficient (Wildman–Crippen LogP) is 0.618. The molecule has 0 aromatic rings. The highest BCUT2D eigenvalue weighted by atomic mass is 28.3. The van der Waals surface area contributed by atoms with E-state index in [-0.39, 0.29) is 5.78 Å². The highest BCUT2D eigenvalue weighted by Crippen LogP contribution is 1.82. The molecular formula is C6H14O2Si. The van der Waals surface area contributed by atoms with Crippen LogP contribution >= 0.6 is 0 Å². The van der Waals surface area contributed by atoms with Gasteiger partial charge in [0, 0.05) is 6.23 Å². The summed E-state index contributed by atoms with van der Waals surface area (Å²) in [5.41, 5.74) is 0. The second kappa shape index (κ2) is 4.70. The van der Waals surface area contributed by atoms with Crippen molar-refractivity contribution in [3.63, 3.8) is 0 Å². The van der Waals surface area contributed by atoms with Gasteiger partial charge in [0.15, 0.2) is 5.78 Å². The number of rotatable bonds is 4. The fourth-order valence-electron chi connectivity index (χ4n) is 0.438. The molecule has 0 aliphatic carbocycles. The summed E-state index contributed by atoms with van der Waals surface area (Å²) >= 11 is 0. The number of carbonyl (C=O) groups excluding carboxylic acids is 1. The Labute approximate surface area is 57.8 Å². The van der Waals surface area contributed by atoms with Gasteiger partial charge in [0.25, 0.3) is 0 Å². The van der Waals surface area contributed by atoms with E-state index in [9.17, 15) is 4.79 Å². The molecule has 0 bridgehead atoms. The molecule has 0 saturated heterocycles. The second-order valence-corrected chi connectivity index (χ2v) is 5.73. The van der Waals surface area contributed by atoms with Gasteiger partial charge in [-0.25, -0.2) is 0 Å². The summed E-state index contributed by atoms with van der Waals surface area (Å²) < 4.78 is 5.07. The molecule has 0 amide bonds. The zero-order valence-corrected chi connectivity index (χ0v) is 7.46. The first-order valence-corrected chi connectivity index (χ1v) is 6.32. The average molecular weight is 146 g/mol. The van der Waals surface area contributed by atoms with Crippen LogP contribution in [0.25, 0.3) is 0 Å². The van der Waals surface area contributed by atoms with Gasteiger partial charge < -0.3 is 4.74 Å². The molecule has 0 rings (SSSR count). The van der Waals surface area contributed by atoms with Gasteiger partial charge in [-0.05, 0) is 6.92 Å². The Bertz CT molecular complexity index is 91.1. The number of ether oxygens (including phenoxy) is 1. The standard InChI is InChI=1S/C6H14O2Si/c1-6(7)4-8-5-9(2)3/h9H,4-5H2,1-3H3. The van der Waals surface area contributed by atoms with Crippen LogP contribution in [0.2, 0.25) is 13.1 Å². The first-order chi connectivity index (χ1) is 4.13. The molecule has 0 heterocycles. The topological polar surface area (TPSA) is 26.3 Å². The van der Waals surface area contributed by atoms with Crippen molar-refractivity contribution in [2.24, 2.45) is 0 Å². The molecule has 0 radical (unpaired) electrons. The van der Waals surface area contributed by atoms with E-state index in [0.29, 0.717) is 6.61 Å². The predicted molar refractivity (Wildman–Crippen MR) is 40.4 cm³/mol. The minimum absolute atomic E-state index is 0.115. The Morgan fingerprint density at radius 1 is 1.56 bits per heavy atom. The molecule has 0 N–H and O–H groups in total. The van der Waals surface area contributed by atoms with E-state index < -0.39 is 8.80 Å². The van der Waals surface area contributed by atoms with Gasteiger partial charge in [0.1, 0.15) is 6.61 Å². The Balaban J connectivity index is 3.01. The van der Waals surface area contributed by atoms with Gasteiger partial charge in [-0.2, -0.15) is 0 Å². The van der Waals surface area contributed by atoms with E-state index >= 15 is 0 Å². The molecule has 0 aliphatic heterocycles. The van der Waals surface area contributed by atoms with Crippen molar-refractivity contribution in [3.8, 4) is 0 Å². The second-order valence-electron chi connectivity index (χ2n) is 2.61. The maximum Gasteiger partial charge on any atom is 0.155 e. The first kappa shape index (κ1) is 8.85. The summed E-state index contributed by atoms with van der Waals surface area (Å²) in [5, 5.41) is 0. The Morgan fingerprint density at radius 3 is 2.44 bits per heavy atom. The quantitative estimate of drug-likeness (QED) is 0.543. The van der Waals surface area contributed by atoms with Crippen molar-refractivity contribution in [2.45, 2.75) is 20.0 Å². The SMILES string of the molecule is CC(=O)COC[SiH](C)C. The smallest absolute Gasteiger partial charge is 0.155 e. The highest BCUT2D eigenvalue weighted by molar-refractivity contribution is 6.55. The van der Waals surface area contributed by atoms with Crippen LogP contribution in [0.1, 0.15) is 6.92 Å². The number of hydrogen-bond acceptors (Lipinski definition) is 2. The maximum atomic E-state index is 10.3. The van der Waals surface area contributed by atoms with Crippen LogP contribution in [0.3, 0.4) is 0 Å². The van der Waals surface area contributed by atoms with Gasteiger partial charge in [-0.3, -0.25) is 4.79 Å². The average Bonchev–Trinajstić information content (AvgIpc) is 1.63. The monoisotopic (exact) mass is 146 g/mol. The van der Waals surface area contributed by atoms with E-state index in [0.717, 1.165) is 6.23 Å². The first-order valence-electron chi connectivity index (χ1n) is 3.20. The molecule has 0 aliphatic rings. The largest absolute Gasteiger partial charge is 0.377 e. The molecule has 0 saturated carbocycles. The maximum absolute atomic E-state index is 10.3. The fraction of sp³-hybridized carbons (Fsp3) is 0.833. The summed E-state index contributed by atoms with van der Waals surface area (Å²) in [5.74, 6) is 0.115. The summed E-state index contributed by atoms with van der Waals surface area (Å²) in [7, 11) is -0.604. The normalized spacial score (nSPS) is 10.2. The van der Waals surface area contributed by atoms with E-state index in [4.69, 9.17) is 4.74 Å². The van der Waals surface area contributed by atoms with Crippen molar-refractivity contribution in [2.75, 3.05) is 12.8 Å². The Hall–Kier alpha value is -0.153. The van der Waals surface area contributed by atoms with Crippen LogP contribution in [0.5, 0.6) is 0 Å². The van der Waals surface area contributed by atoms with Crippen LogP contribution in [0.4, 0.5) is 0 Å². The molecule has 0 spiro atoms. The molecule has 3 heteroatoms. The van der Waals surface area contributed by atoms with E-state index in [1.165, 1.54) is 0 Å². The van der Waals surface area contributed by atoms with Crippen molar-refractivity contribution >= 4 is 14.6 Å².